The molecule has 0 heterocycles. The third-order valence-electron chi connectivity index (χ3n) is 4.83. The number of hydrogen-bond donors (Lipinski definition) is 1. The van der Waals surface area contributed by atoms with Crippen molar-refractivity contribution in [3.63, 3.8) is 0 Å². The molecular formula is C21H24ClNO4S. The Morgan fingerprint density at radius 3 is 2.39 bits per heavy atom. The maximum atomic E-state index is 12.1. The van der Waals surface area contributed by atoms with Crippen LogP contribution >= 0.6 is 11.6 Å². The minimum absolute atomic E-state index is 0.0662. The van der Waals surface area contributed by atoms with Gasteiger partial charge in [0.25, 0.3) is 5.91 Å². The SMILES string of the molecule is CS(=O)(=O)c1ccc(-c2cc(Cl)cc(OCC(=O)NC3CCCCC3)c2)cc1. The van der Waals surface area contributed by atoms with Crippen LogP contribution in [0.3, 0.4) is 0 Å². The second-order valence-electron chi connectivity index (χ2n) is 7.16. The van der Waals surface area contributed by atoms with Gasteiger partial charge in [0.05, 0.1) is 4.90 Å². The van der Waals surface area contributed by atoms with Crippen molar-refractivity contribution in [1.29, 1.82) is 0 Å². The van der Waals surface area contributed by atoms with Crippen molar-refractivity contribution in [2.45, 2.75) is 43.0 Å². The Morgan fingerprint density at radius 2 is 1.75 bits per heavy atom. The Kier molecular flexibility index (Phi) is 6.62. The highest BCUT2D eigenvalue weighted by Crippen LogP contribution is 2.29. The van der Waals surface area contributed by atoms with Gasteiger partial charge in [0.15, 0.2) is 16.4 Å². The van der Waals surface area contributed by atoms with Crippen molar-refractivity contribution >= 4 is 27.3 Å². The highest BCUT2D eigenvalue weighted by molar-refractivity contribution is 7.90. The van der Waals surface area contributed by atoms with Crippen LogP contribution in [0, 0.1) is 0 Å². The first kappa shape index (κ1) is 20.7. The monoisotopic (exact) mass is 421 g/mol. The normalized spacial score (nSPS) is 15.2. The lowest BCUT2D eigenvalue weighted by atomic mass is 9.95. The van der Waals surface area contributed by atoms with E-state index < -0.39 is 9.84 Å². The van der Waals surface area contributed by atoms with Gasteiger partial charge in [-0.1, -0.05) is 43.0 Å². The van der Waals surface area contributed by atoms with E-state index >= 15 is 0 Å². The fraction of sp³-hybridized carbons (Fsp3) is 0.381. The van der Waals surface area contributed by atoms with Gasteiger partial charge in [-0.25, -0.2) is 8.42 Å². The lowest BCUT2D eigenvalue weighted by Crippen LogP contribution is -2.38. The van der Waals surface area contributed by atoms with Gasteiger partial charge in [-0.3, -0.25) is 4.79 Å². The van der Waals surface area contributed by atoms with Crippen molar-refractivity contribution in [1.82, 2.24) is 5.32 Å². The largest absolute Gasteiger partial charge is 0.484 e. The summed E-state index contributed by atoms with van der Waals surface area (Å²) in [6, 6.07) is 12.0. The number of carbonyl (C=O) groups is 1. The van der Waals surface area contributed by atoms with E-state index in [0.717, 1.165) is 36.8 Å². The van der Waals surface area contributed by atoms with E-state index in [-0.39, 0.29) is 23.5 Å². The summed E-state index contributed by atoms with van der Waals surface area (Å²) >= 11 is 6.20. The molecule has 2 aromatic rings. The fourth-order valence-electron chi connectivity index (χ4n) is 3.37. The third kappa shape index (κ3) is 5.72. The summed E-state index contributed by atoms with van der Waals surface area (Å²) in [6.45, 7) is -0.0662. The van der Waals surface area contributed by atoms with Gasteiger partial charge >= 0.3 is 0 Å². The molecule has 5 nitrogen and oxygen atoms in total. The van der Waals surface area contributed by atoms with E-state index in [2.05, 4.69) is 5.32 Å². The summed E-state index contributed by atoms with van der Waals surface area (Å²) in [5.41, 5.74) is 1.60. The molecule has 0 unspecified atom stereocenters. The van der Waals surface area contributed by atoms with E-state index in [1.165, 1.54) is 12.7 Å². The van der Waals surface area contributed by atoms with Crippen LogP contribution in [-0.2, 0) is 14.6 Å². The van der Waals surface area contributed by atoms with Gasteiger partial charge in [0.2, 0.25) is 0 Å². The zero-order chi connectivity index (χ0) is 20.1. The van der Waals surface area contributed by atoms with Crippen LogP contribution in [0.5, 0.6) is 5.75 Å². The number of ether oxygens (including phenoxy) is 1. The maximum absolute atomic E-state index is 12.1. The van der Waals surface area contributed by atoms with E-state index in [1.807, 2.05) is 0 Å². The predicted molar refractivity (Wildman–Crippen MR) is 111 cm³/mol. The summed E-state index contributed by atoms with van der Waals surface area (Å²) in [4.78, 5) is 12.4. The van der Waals surface area contributed by atoms with E-state index in [9.17, 15) is 13.2 Å². The van der Waals surface area contributed by atoms with Crippen LogP contribution in [0.4, 0.5) is 0 Å². The molecule has 0 saturated heterocycles. The topological polar surface area (TPSA) is 72.5 Å². The van der Waals surface area contributed by atoms with Gasteiger partial charge in [0.1, 0.15) is 5.75 Å². The van der Waals surface area contributed by atoms with Gasteiger partial charge in [-0.15, -0.1) is 0 Å². The van der Waals surface area contributed by atoms with E-state index in [1.54, 1.807) is 42.5 Å². The first-order valence-corrected chi connectivity index (χ1v) is 11.6. The first-order chi connectivity index (χ1) is 13.3. The Hall–Kier alpha value is -2.05. The van der Waals surface area contributed by atoms with Crippen molar-refractivity contribution in [2.24, 2.45) is 0 Å². The lowest BCUT2D eigenvalue weighted by Gasteiger charge is -2.22. The Bertz CT molecular complexity index is 935. The number of carbonyl (C=O) groups excluding carboxylic acids is 1. The van der Waals surface area contributed by atoms with Crippen LogP contribution in [0.2, 0.25) is 5.02 Å². The highest BCUT2D eigenvalue weighted by atomic mass is 35.5. The van der Waals surface area contributed by atoms with Crippen molar-refractivity contribution < 1.29 is 17.9 Å². The van der Waals surface area contributed by atoms with E-state index in [0.29, 0.717) is 10.8 Å². The van der Waals surface area contributed by atoms with Crippen LogP contribution in [0.25, 0.3) is 11.1 Å². The average Bonchev–Trinajstić information content (AvgIpc) is 2.66. The molecular weight excluding hydrogens is 398 g/mol. The van der Waals surface area contributed by atoms with Crippen molar-refractivity contribution in [2.75, 3.05) is 12.9 Å². The van der Waals surface area contributed by atoms with Crippen molar-refractivity contribution in [3.8, 4) is 16.9 Å². The quantitative estimate of drug-likeness (QED) is 0.757. The molecule has 0 radical (unpaired) electrons. The number of hydrogen-bond acceptors (Lipinski definition) is 4. The molecule has 1 fully saturated rings. The molecule has 1 aliphatic carbocycles. The standard InChI is InChI=1S/C21H24ClNO4S/c1-28(25,26)20-9-7-15(8-10-20)16-11-17(22)13-19(12-16)27-14-21(24)23-18-5-3-2-4-6-18/h7-13,18H,2-6,14H2,1H3,(H,23,24). The molecule has 0 aromatic heterocycles. The van der Waals surface area contributed by atoms with E-state index in [4.69, 9.17) is 16.3 Å². The number of nitrogens with one attached hydrogen (secondary N) is 1. The van der Waals surface area contributed by atoms with Gasteiger partial charge in [-0.05, 0) is 54.3 Å². The second-order valence-corrected chi connectivity index (χ2v) is 9.62. The summed E-state index contributed by atoms with van der Waals surface area (Å²) in [6.07, 6.45) is 6.77. The van der Waals surface area contributed by atoms with Gasteiger partial charge in [0, 0.05) is 17.3 Å². The maximum Gasteiger partial charge on any atom is 0.258 e. The Labute approximate surface area is 171 Å². The summed E-state index contributed by atoms with van der Waals surface area (Å²) in [5, 5.41) is 3.50. The Balaban J connectivity index is 1.66. The number of sulfone groups is 1. The molecule has 0 spiro atoms. The second kappa shape index (κ2) is 8.97. The number of amides is 1. The summed E-state index contributed by atoms with van der Waals surface area (Å²) in [7, 11) is -3.24. The number of benzene rings is 2. The molecule has 3 rings (SSSR count). The number of halogens is 1. The van der Waals surface area contributed by atoms with Gasteiger partial charge < -0.3 is 10.1 Å². The molecule has 1 N–H and O–H groups in total. The van der Waals surface area contributed by atoms with Crippen molar-refractivity contribution in [3.05, 3.63) is 47.5 Å². The molecule has 1 aliphatic rings. The summed E-state index contributed by atoms with van der Waals surface area (Å²) in [5.74, 6) is 0.361. The lowest BCUT2D eigenvalue weighted by molar-refractivity contribution is -0.124. The van der Waals surface area contributed by atoms with Crippen LogP contribution in [0.1, 0.15) is 32.1 Å². The molecule has 28 heavy (non-hydrogen) atoms. The Morgan fingerprint density at radius 1 is 1.07 bits per heavy atom. The zero-order valence-corrected chi connectivity index (χ0v) is 17.4. The van der Waals surface area contributed by atoms with Crippen LogP contribution < -0.4 is 10.1 Å². The predicted octanol–water partition coefficient (Wildman–Crippen LogP) is 4.24. The number of rotatable bonds is 6. The molecule has 1 saturated carbocycles. The summed E-state index contributed by atoms with van der Waals surface area (Å²) < 4.78 is 28.8. The molecule has 0 aliphatic heterocycles. The molecule has 2 aromatic carbocycles. The van der Waals surface area contributed by atoms with Gasteiger partial charge in [-0.2, -0.15) is 0 Å². The third-order valence-corrected chi connectivity index (χ3v) is 6.17. The van der Waals surface area contributed by atoms with Crippen LogP contribution in [-0.4, -0.2) is 33.2 Å². The highest BCUT2D eigenvalue weighted by Gasteiger charge is 2.16. The molecule has 150 valence electrons. The smallest absolute Gasteiger partial charge is 0.258 e. The zero-order valence-electron chi connectivity index (χ0n) is 15.8. The van der Waals surface area contributed by atoms with Crippen LogP contribution in [0.15, 0.2) is 47.4 Å². The molecule has 7 heteroatoms. The molecule has 1 amide bonds. The minimum atomic E-state index is -3.24. The average molecular weight is 422 g/mol. The minimum Gasteiger partial charge on any atom is -0.484 e. The molecule has 0 atom stereocenters. The fourth-order valence-corrected chi connectivity index (χ4v) is 4.23. The molecule has 0 bridgehead atoms. The first-order valence-electron chi connectivity index (χ1n) is 9.34.